The number of benzene rings is 1. The van der Waals surface area contributed by atoms with Crippen LogP contribution in [0.3, 0.4) is 0 Å². The number of aromatic nitrogens is 1. The average Bonchev–Trinajstić information content (AvgIpc) is 2.51. The van der Waals surface area contributed by atoms with Crippen LogP contribution >= 0.6 is 11.8 Å². The highest BCUT2D eigenvalue weighted by Gasteiger charge is 2.35. The molecule has 1 aromatic carbocycles. The van der Waals surface area contributed by atoms with Gasteiger partial charge in [-0.15, -0.1) is 11.8 Å². The molecule has 2 rings (SSSR count). The van der Waals surface area contributed by atoms with Crippen LogP contribution in [-0.2, 0) is 18.3 Å². The van der Waals surface area contributed by atoms with Crippen molar-refractivity contribution in [2.75, 3.05) is 0 Å². The molecule has 0 saturated carbocycles. The van der Waals surface area contributed by atoms with E-state index in [1.54, 1.807) is 6.07 Å². The minimum atomic E-state index is -4.74. The lowest BCUT2D eigenvalue weighted by molar-refractivity contribution is -0.138. The summed E-state index contributed by atoms with van der Waals surface area (Å²) >= 11 is 1.01. The van der Waals surface area contributed by atoms with Gasteiger partial charge >= 0.3 is 6.18 Å². The first-order valence-electron chi connectivity index (χ1n) is 6.80. The number of hydrogen-bond acceptors (Lipinski definition) is 3. The topological polar surface area (TPSA) is 56.6 Å². The molecule has 0 fully saturated rings. The quantitative estimate of drug-likeness (QED) is 0.853. The summed E-state index contributed by atoms with van der Waals surface area (Å²) in [6.45, 7) is 2.00. The zero-order chi connectivity index (χ0) is 17.0. The van der Waals surface area contributed by atoms with Crippen molar-refractivity contribution < 1.29 is 13.2 Å². The van der Waals surface area contributed by atoms with Crippen molar-refractivity contribution in [3.8, 4) is 6.07 Å². The fourth-order valence-corrected chi connectivity index (χ4v) is 3.04. The van der Waals surface area contributed by atoms with Gasteiger partial charge in [-0.25, -0.2) is 0 Å². The van der Waals surface area contributed by atoms with Crippen LogP contribution in [0.15, 0.2) is 40.2 Å². The summed E-state index contributed by atoms with van der Waals surface area (Å²) in [7, 11) is 0. The Hall–Kier alpha value is -2.20. The van der Waals surface area contributed by atoms with Gasteiger partial charge in [0.2, 0.25) is 5.56 Å². The van der Waals surface area contributed by atoms with E-state index < -0.39 is 22.9 Å². The van der Waals surface area contributed by atoms with E-state index in [1.807, 2.05) is 31.2 Å². The highest BCUT2D eigenvalue weighted by molar-refractivity contribution is 7.98. The average molecular weight is 338 g/mol. The molecule has 3 nitrogen and oxygen atoms in total. The molecule has 7 heteroatoms. The number of nitrogens with one attached hydrogen (secondary N) is 1. The molecule has 1 aromatic heterocycles. The number of aromatic amines is 1. The third-order valence-corrected chi connectivity index (χ3v) is 4.28. The highest BCUT2D eigenvalue weighted by Crippen LogP contribution is 2.34. The lowest BCUT2D eigenvalue weighted by Crippen LogP contribution is -2.17. The number of pyridine rings is 1. The van der Waals surface area contributed by atoms with Gasteiger partial charge in [0.15, 0.2) is 0 Å². The highest BCUT2D eigenvalue weighted by atomic mass is 32.2. The predicted octanol–water partition coefficient (Wildman–Crippen LogP) is 4.12. The summed E-state index contributed by atoms with van der Waals surface area (Å²) in [4.78, 5) is 13.8. The lowest BCUT2D eigenvalue weighted by Gasteiger charge is -2.11. The molecule has 0 atom stereocenters. The Labute approximate surface area is 135 Å². The number of hydrogen-bond donors (Lipinski definition) is 1. The van der Waals surface area contributed by atoms with Gasteiger partial charge in [0.1, 0.15) is 6.07 Å². The molecule has 0 bridgehead atoms. The number of halogens is 3. The Morgan fingerprint density at radius 3 is 2.57 bits per heavy atom. The summed E-state index contributed by atoms with van der Waals surface area (Å²) in [6.07, 6.45) is -3.89. The number of nitriles is 1. The Bertz CT molecular complexity index is 806. The van der Waals surface area contributed by atoms with Crippen LogP contribution in [0, 0.1) is 11.3 Å². The third kappa shape index (κ3) is 4.17. The maximum absolute atomic E-state index is 12.9. The van der Waals surface area contributed by atoms with Gasteiger partial charge in [-0.3, -0.25) is 4.79 Å². The van der Waals surface area contributed by atoms with Gasteiger partial charge in [-0.2, -0.15) is 18.4 Å². The normalized spacial score (nSPS) is 11.3. The van der Waals surface area contributed by atoms with Crippen LogP contribution in [0.5, 0.6) is 0 Å². The molecule has 0 aliphatic rings. The largest absolute Gasteiger partial charge is 0.417 e. The minimum absolute atomic E-state index is 0.0609. The van der Waals surface area contributed by atoms with Gasteiger partial charge in [0.25, 0.3) is 0 Å². The molecule has 120 valence electrons. The predicted molar refractivity (Wildman–Crippen MR) is 82.2 cm³/mol. The zero-order valence-corrected chi connectivity index (χ0v) is 13.0. The summed E-state index contributed by atoms with van der Waals surface area (Å²) < 4.78 is 38.8. The van der Waals surface area contributed by atoms with Crippen LogP contribution in [0.1, 0.15) is 29.2 Å². The molecule has 1 N–H and O–H groups in total. The Morgan fingerprint density at radius 2 is 1.96 bits per heavy atom. The van der Waals surface area contributed by atoms with E-state index in [1.165, 1.54) is 0 Å². The Kier molecular flexibility index (Phi) is 5.16. The van der Waals surface area contributed by atoms with E-state index in [-0.39, 0.29) is 5.03 Å². The van der Waals surface area contributed by atoms with Crippen LogP contribution < -0.4 is 5.56 Å². The number of H-pyrrole nitrogens is 1. The molecule has 0 amide bonds. The standard InChI is InChI=1S/C16H13F3N2OS/c1-2-10-4-3-5-11(6-10)9-23-15-12(8-20)13(16(17,18)19)7-14(22)21-15/h3-7H,2,9H2,1H3,(H,21,22). The number of rotatable bonds is 4. The molecule has 2 aromatic rings. The molecule has 0 aliphatic heterocycles. The summed E-state index contributed by atoms with van der Waals surface area (Å²) in [6, 6.07) is 9.59. The molecule has 0 radical (unpaired) electrons. The van der Waals surface area contributed by atoms with E-state index in [9.17, 15) is 18.0 Å². The fourth-order valence-electron chi connectivity index (χ4n) is 2.07. The van der Waals surface area contributed by atoms with Crippen LogP contribution in [0.25, 0.3) is 0 Å². The molecular weight excluding hydrogens is 325 g/mol. The van der Waals surface area contributed by atoms with E-state index in [0.717, 1.165) is 29.3 Å². The Morgan fingerprint density at radius 1 is 1.26 bits per heavy atom. The first-order valence-corrected chi connectivity index (χ1v) is 7.79. The fraction of sp³-hybridized carbons (Fsp3) is 0.250. The minimum Gasteiger partial charge on any atom is -0.316 e. The van der Waals surface area contributed by atoms with Crippen molar-refractivity contribution in [3.63, 3.8) is 0 Å². The molecule has 1 heterocycles. The van der Waals surface area contributed by atoms with E-state index in [2.05, 4.69) is 4.98 Å². The van der Waals surface area contributed by atoms with Gasteiger partial charge in [-0.1, -0.05) is 31.2 Å². The first-order chi connectivity index (χ1) is 10.8. The van der Waals surface area contributed by atoms with Gasteiger partial charge in [0.05, 0.1) is 16.2 Å². The zero-order valence-electron chi connectivity index (χ0n) is 12.2. The third-order valence-electron chi connectivity index (χ3n) is 3.21. The number of alkyl halides is 3. The van der Waals surface area contributed by atoms with Gasteiger partial charge in [-0.05, 0) is 17.5 Å². The summed E-state index contributed by atoms with van der Waals surface area (Å²) in [5, 5.41) is 8.99. The maximum atomic E-state index is 12.9. The monoisotopic (exact) mass is 338 g/mol. The Balaban J connectivity index is 2.34. The van der Waals surface area contributed by atoms with Crippen molar-refractivity contribution in [1.29, 1.82) is 5.26 Å². The van der Waals surface area contributed by atoms with Crippen molar-refractivity contribution in [3.05, 3.63) is 62.9 Å². The lowest BCUT2D eigenvalue weighted by atomic mass is 10.1. The van der Waals surface area contributed by atoms with Crippen LogP contribution in [0.4, 0.5) is 13.2 Å². The molecule has 23 heavy (non-hydrogen) atoms. The van der Waals surface area contributed by atoms with Crippen molar-refractivity contribution in [1.82, 2.24) is 4.98 Å². The van der Waals surface area contributed by atoms with Crippen LogP contribution in [0.2, 0.25) is 0 Å². The van der Waals surface area contributed by atoms with Crippen molar-refractivity contribution in [2.45, 2.75) is 30.3 Å². The molecule has 0 aliphatic carbocycles. The molecule has 0 unspecified atom stereocenters. The van der Waals surface area contributed by atoms with Gasteiger partial charge < -0.3 is 4.98 Å². The maximum Gasteiger partial charge on any atom is 0.417 e. The summed E-state index contributed by atoms with van der Waals surface area (Å²) in [5.41, 5.74) is -0.596. The SMILES string of the molecule is CCc1cccc(CSc2[nH]c(=O)cc(C(F)(F)F)c2C#N)c1. The molecule has 0 saturated heterocycles. The van der Waals surface area contributed by atoms with Crippen molar-refractivity contribution in [2.24, 2.45) is 0 Å². The summed E-state index contributed by atoms with van der Waals surface area (Å²) in [5.74, 6) is 0.361. The first kappa shape index (κ1) is 17.2. The second-order valence-corrected chi connectivity index (χ2v) is 5.81. The van der Waals surface area contributed by atoms with E-state index >= 15 is 0 Å². The number of nitrogens with zero attached hydrogens (tertiary/aromatic N) is 1. The second-order valence-electron chi connectivity index (χ2n) is 4.82. The molecule has 0 spiro atoms. The second kappa shape index (κ2) is 6.92. The number of thioether (sulfide) groups is 1. The van der Waals surface area contributed by atoms with Crippen molar-refractivity contribution >= 4 is 11.8 Å². The number of aryl methyl sites for hydroxylation is 1. The smallest absolute Gasteiger partial charge is 0.316 e. The van der Waals surface area contributed by atoms with E-state index in [0.29, 0.717) is 11.8 Å². The van der Waals surface area contributed by atoms with E-state index in [4.69, 9.17) is 5.26 Å². The van der Waals surface area contributed by atoms with Crippen LogP contribution in [-0.4, -0.2) is 4.98 Å². The van der Waals surface area contributed by atoms with Gasteiger partial charge in [0, 0.05) is 11.8 Å². The molecular formula is C16H13F3N2OS.